The van der Waals surface area contributed by atoms with Gasteiger partial charge in [0.1, 0.15) is 0 Å². The maximum atomic E-state index is 11.9. The molecule has 6 nitrogen and oxygen atoms in total. The fourth-order valence-corrected chi connectivity index (χ4v) is 3.86. The summed E-state index contributed by atoms with van der Waals surface area (Å²) in [4.78, 5) is 20.7. The molecule has 0 fully saturated rings. The van der Waals surface area contributed by atoms with Crippen molar-refractivity contribution in [2.24, 2.45) is 0 Å². The van der Waals surface area contributed by atoms with Crippen LogP contribution in [0.2, 0.25) is 0 Å². The molecule has 0 unspecified atom stereocenters. The van der Waals surface area contributed by atoms with E-state index in [0.29, 0.717) is 17.2 Å². The van der Waals surface area contributed by atoms with Gasteiger partial charge in [0.25, 0.3) is 0 Å². The van der Waals surface area contributed by atoms with Gasteiger partial charge in [0.15, 0.2) is 5.13 Å². The number of nitriles is 1. The number of allylic oxidation sites excluding steroid dienone is 5. The van der Waals surface area contributed by atoms with Crippen molar-refractivity contribution >= 4 is 38.3 Å². The number of thiazole rings is 1. The summed E-state index contributed by atoms with van der Waals surface area (Å²) in [5.41, 5.74) is 5.15. The summed E-state index contributed by atoms with van der Waals surface area (Å²) in [6.45, 7) is 8.02. The van der Waals surface area contributed by atoms with Gasteiger partial charge in [-0.3, -0.25) is 10.3 Å². The molecule has 1 aromatic carbocycles. The maximum Gasteiger partial charge on any atom is 0.321 e. The number of benzene rings is 1. The number of amides is 2. The third kappa shape index (κ3) is 4.80. The molecule has 3 rings (SSSR count). The first kappa shape index (κ1) is 21.0. The highest BCUT2D eigenvalue weighted by molar-refractivity contribution is 7.22. The number of aromatic nitrogens is 2. The number of hydrogen-bond donors (Lipinski definition) is 2. The summed E-state index contributed by atoms with van der Waals surface area (Å²) in [7, 11) is 0. The monoisotopic (exact) mass is 415 g/mol. The van der Waals surface area contributed by atoms with E-state index >= 15 is 0 Å². The Labute approximate surface area is 179 Å². The molecule has 30 heavy (non-hydrogen) atoms. The molecule has 2 heterocycles. The summed E-state index contributed by atoms with van der Waals surface area (Å²) in [6, 6.07) is 9.75. The summed E-state index contributed by atoms with van der Waals surface area (Å²) < 4.78 is 0.952. The molecular formula is C23H21N5OS. The van der Waals surface area contributed by atoms with Crippen molar-refractivity contribution in [3.8, 4) is 17.2 Å². The van der Waals surface area contributed by atoms with Gasteiger partial charge in [-0.25, -0.2) is 9.78 Å². The number of anilines is 1. The number of fused-ring (bicyclic) bond motifs is 1. The standard InChI is InChI=1S/C23H21N5OS/c1-4-16(13-24)9-8-15(3)19-11-18(17-7-6-10-25-14-17)12-20-21(19)30-23(27-20)28-22(29)26-5-2/h4,6-12,14H,1,5H2,2-3H3,(H2,26,27,28,29)/b15-8+,16-9+. The molecule has 7 heteroatoms. The number of rotatable bonds is 6. The summed E-state index contributed by atoms with van der Waals surface area (Å²) in [6.07, 6.45) is 8.68. The van der Waals surface area contributed by atoms with E-state index < -0.39 is 0 Å². The zero-order valence-electron chi connectivity index (χ0n) is 16.8. The van der Waals surface area contributed by atoms with Gasteiger partial charge in [0, 0.05) is 24.5 Å². The van der Waals surface area contributed by atoms with Gasteiger partial charge >= 0.3 is 6.03 Å². The normalized spacial score (nSPS) is 11.8. The minimum atomic E-state index is -0.287. The van der Waals surface area contributed by atoms with E-state index in [9.17, 15) is 4.79 Å². The highest BCUT2D eigenvalue weighted by atomic mass is 32.1. The summed E-state index contributed by atoms with van der Waals surface area (Å²) in [5.74, 6) is 0. The number of hydrogen-bond acceptors (Lipinski definition) is 5. The van der Waals surface area contributed by atoms with E-state index in [0.717, 1.165) is 32.5 Å². The lowest BCUT2D eigenvalue weighted by Crippen LogP contribution is -2.28. The molecule has 0 saturated heterocycles. The zero-order chi connectivity index (χ0) is 21.5. The van der Waals surface area contributed by atoms with E-state index in [-0.39, 0.29) is 6.03 Å². The van der Waals surface area contributed by atoms with Gasteiger partial charge in [-0.1, -0.05) is 36.1 Å². The van der Waals surface area contributed by atoms with Crippen LogP contribution in [0.3, 0.4) is 0 Å². The Morgan fingerprint density at radius 1 is 1.33 bits per heavy atom. The number of nitrogens with one attached hydrogen (secondary N) is 2. The average molecular weight is 416 g/mol. The second-order valence-corrected chi connectivity index (χ2v) is 7.40. The Hall–Kier alpha value is -3.76. The molecule has 3 aromatic rings. The third-order valence-corrected chi connectivity index (χ3v) is 5.35. The molecule has 0 bridgehead atoms. The van der Waals surface area contributed by atoms with E-state index in [1.165, 1.54) is 17.4 Å². The molecule has 2 N–H and O–H groups in total. The highest BCUT2D eigenvalue weighted by Gasteiger charge is 2.14. The van der Waals surface area contributed by atoms with Crippen molar-refractivity contribution in [2.45, 2.75) is 13.8 Å². The number of carbonyl (C=O) groups is 1. The first-order valence-corrected chi connectivity index (χ1v) is 10.2. The molecule has 2 aromatic heterocycles. The molecule has 0 saturated carbocycles. The second kappa shape index (κ2) is 9.63. The molecule has 0 radical (unpaired) electrons. The minimum absolute atomic E-state index is 0.287. The van der Waals surface area contributed by atoms with Crippen LogP contribution in [0.4, 0.5) is 9.93 Å². The first-order chi connectivity index (χ1) is 14.5. The van der Waals surface area contributed by atoms with E-state index in [4.69, 9.17) is 5.26 Å². The van der Waals surface area contributed by atoms with Crippen LogP contribution < -0.4 is 10.6 Å². The van der Waals surface area contributed by atoms with Gasteiger partial charge in [-0.05, 0) is 54.8 Å². The van der Waals surface area contributed by atoms with Gasteiger partial charge in [-0.15, -0.1) is 0 Å². The number of urea groups is 1. The molecule has 0 aliphatic carbocycles. The average Bonchev–Trinajstić information content (AvgIpc) is 3.16. The molecular weight excluding hydrogens is 394 g/mol. The van der Waals surface area contributed by atoms with Crippen LogP contribution in [0.5, 0.6) is 0 Å². The summed E-state index contributed by atoms with van der Waals surface area (Å²) in [5, 5.41) is 15.1. The van der Waals surface area contributed by atoms with Gasteiger partial charge < -0.3 is 5.32 Å². The van der Waals surface area contributed by atoms with E-state index in [1.54, 1.807) is 18.5 Å². The highest BCUT2D eigenvalue weighted by Crippen LogP contribution is 2.36. The number of carbonyl (C=O) groups excluding carboxylic acids is 1. The Balaban J connectivity index is 2.14. The fourth-order valence-electron chi connectivity index (χ4n) is 2.84. The minimum Gasteiger partial charge on any atom is -0.338 e. The van der Waals surface area contributed by atoms with E-state index in [1.807, 2.05) is 38.1 Å². The number of pyridine rings is 1. The van der Waals surface area contributed by atoms with Crippen LogP contribution in [0, 0.1) is 11.3 Å². The van der Waals surface area contributed by atoms with Crippen LogP contribution in [0.1, 0.15) is 19.4 Å². The Bertz CT molecular complexity index is 1190. The van der Waals surface area contributed by atoms with Crippen molar-refractivity contribution in [3.05, 3.63) is 72.6 Å². The van der Waals surface area contributed by atoms with Crippen molar-refractivity contribution in [2.75, 3.05) is 11.9 Å². The molecule has 0 aliphatic rings. The van der Waals surface area contributed by atoms with Crippen LogP contribution in [0.15, 0.2) is 67.0 Å². The Morgan fingerprint density at radius 3 is 2.83 bits per heavy atom. The SMILES string of the molecule is C=C/C(C#N)=C\C=C(/C)c1cc(-c2cccnc2)cc2nc(NC(=O)NCC)sc12. The fraction of sp³-hybridized carbons (Fsp3) is 0.130. The van der Waals surface area contributed by atoms with E-state index in [2.05, 4.69) is 39.3 Å². The van der Waals surface area contributed by atoms with Crippen LogP contribution in [-0.2, 0) is 0 Å². The lowest BCUT2D eigenvalue weighted by atomic mass is 9.99. The van der Waals surface area contributed by atoms with Gasteiger partial charge in [0.2, 0.25) is 0 Å². The van der Waals surface area contributed by atoms with Crippen LogP contribution >= 0.6 is 11.3 Å². The molecule has 0 aliphatic heterocycles. The lowest BCUT2D eigenvalue weighted by Gasteiger charge is -2.07. The quantitative estimate of drug-likeness (QED) is 0.408. The zero-order valence-corrected chi connectivity index (χ0v) is 17.6. The van der Waals surface area contributed by atoms with Crippen molar-refractivity contribution < 1.29 is 4.79 Å². The first-order valence-electron chi connectivity index (χ1n) is 9.37. The molecule has 150 valence electrons. The second-order valence-electron chi connectivity index (χ2n) is 6.40. The lowest BCUT2D eigenvalue weighted by molar-refractivity contribution is 0.252. The summed E-state index contributed by atoms with van der Waals surface area (Å²) >= 11 is 1.41. The predicted octanol–water partition coefficient (Wildman–Crippen LogP) is 5.54. The largest absolute Gasteiger partial charge is 0.338 e. The Kier molecular flexibility index (Phi) is 6.73. The molecule has 0 spiro atoms. The third-order valence-electron chi connectivity index (χ3n) is 4.33. The van der Waals surface area contributed by atoms with Crippen LogP contribution in [-0.4, -0.2) is 22.5 Å². The molecule has 0 atom stereocenters. The topological polar surface area (TPSA) is 90.7 Å². The van der Waals surface area contributed by atoms with Crippen molar-refractivity contribution in [1.82, 2.24) is 15.3 Å². The number of nitrogens with zero attached hydrogens (tertiary/aromatic N) is 3. The van der Waals surface area contributed by atoms with Crippen LogP contribution in [0.25, 0.3) is 26.9 Å². The maximum absolute atomic E-state index is 11.9. The smallest absolute Gasteiger partial charge is 0.321 e. The van der Waals surface area contributed by atoms with Gasteiger partial charge in [0.05, 0.1) is 21.9 Å². The predicted molar refractivity (Wildman–Crippen MR) is 123 cm³/mol. The van der Waals surface area contributed by atoms with Crippen molar-refractivity contribution in [1.29, 1.82) is 5.26 Å². The molecule has 2 amide bonds. The van der Waals surface area contributed by atoms with Crippen molar-refractivity contribution in [3.63, 3.8) is 0 Å². The van der Waals surface area contributed by atoms with Gasteiger partial charge in [-0.2, -0.15) is 5.26 Å². The Morgan fingerprint density at radius 2 is 2.17 bits per heavy atom.